The fourth-order valence-corrected chi connectivity index (χ4v) is 7.70. The molecule has 6 nitrogen and oxygen atoms in total. The van der Waals surface area contributed by atoms with Crippen LogP contribution in [0.15, 0.2) is 194 Å². The molecular weight excluding hydrogens is 733 g/mol. The van der Waals surface area contributed by atoms with Crippen molar-refractivity contribution in [2.75, 3.05) is 0 Å². The second-order valence-electron chi connectivity index (χ2n) is 14.9. The van der Waals surface area contributed by atoms with E-state index < -0.39 is 0 Å². The first-order valence-corrected chi connectivity index (χ1v) is 20.0. The highest BCUT2D eigenvalue weighted by Gasteiger charge is 2.17. The summed E-state index contributed by atoms with van der Waals surface area (Å²) in [6.07, 6.45) is 0. The fourth-order valence-electron chi connectivity index (χ4n) is 7.70. The molecule has 0 bridgehead atoms. The van der Waals surface area contributed by atoms with Gasteiger partial charge in [0.25, 0.3) is 0 Å². The van der Waals surface area contributed by atoms with E-state index in [2.05, 4.69) is 123 Å². The predicted octanol–water partition coefficient (Wildman–Crippen LogP) is 13.2. The number of aryl methyl sites for hydroxylation is 2. The van der Waals surface area contributed by atoms with Gasteiger partial charge in [0.1, 0.15) is 0 Å². The van der Waals surface area contributed by atoms with E-state index >= 15 is 0 Å². The van der Waals surface area contributed by atoms with E-state index in [0.717, 1.165) is 77.5 Å². The van der Waals surface area contributed by atoms with Gasteiger partial charge in [0.15, 0.2) is 34.9 Å². The van der Waals surface area contributed by atoms with Crippen LogP contribution in [0, 0.1) is 13.8 Å². The first-order chi connectivity index (χ1) is 29.5. The molecule has 0 unspecified atom stereocenters. The Bertz CT molecular complexity index is 3180. The van der Waals surface area contributed by atoms with Crippen molar-refractivity contribution in [3.63, 3.8) is 0 Å². The number of benzene rings is 8. The zero-order chi connectivity index (χ0) is 40.4. The summed E-state index contributed by atoms with van der Waals surface area (Å²) < 4.78 is 0. The lowest BCUT2D eigenvalue weighted by atomic mass is 9.93. The molecule has 0 fully saturated rings. The van der Waals surface area contributed by atoms with Gasteiger partial charge >= 0.3 is 0 Å². The van der Waals surface area contributed by atoms with E-state index in [-0.39, 0.29) is 0 Å². The molecule has 0 aliphatic rings. The van der Waals surface area contributed by atoms with Crippen LogP contribution in [0.1, 0.15) is 11.1 Å². The SMILES string of the molecule is Cc1ccccc1-c1nc(-c2ccccc2)nc(-c2cccc(-c3ccc4cccc(-c5cccc(-c6nc(-c7ccccc7)nc(-c7ccccc7C)n6)c5)c4c3)c2)n1. The van der Waals surface area contributed by atoms with Gasteiger partial charge < -0.3 is 0 Å². The normalized spacial score (nSPS) is 11.2. The number of hydrogen-bond acceptors (Lipinski definition) is 6. The molecule has 60 heavy (non-hydrogen) atoms. The summed E-state index contributed by atoms with van der Waals surface area (Å²) in [6.45, 7) is 4.17. The molecule has 2 aromatic heterocycles. The van der Waals surface area contributed by atoms with Gasteiger partial charge in [0.05, 0.1) is 0 Å². The zero-order valence-electron chi connectivity index (χ0n) is 33.2. The highest BCUT2D eigenvalue weighted by atomic mass is 15.0. The summed E-state index contributed by atoms with van der Waals surface area (Å²) in [6, 6.07) is 66.7. The topological polar surface area (TPSA) is 77.3 Å². The van der Waals surface area contributed by atoms with Gasteiger partial charge in [-0.15, -0.1) is 0 Å². The molecule has 0 radical (unpaired) electrons. The maximum Gasteiger partial charge on any atom is 0.164 e. The minimum atomic E-state index is 0.626. The third kappa shape index (κ3) is 7.23. The molecule has 0 N–H and O–H groups in total. The van der Waals surface area contributed by atoms with Gasteiger partial charge in [-0.2, -0.15) is 0 Å². The van der Waals surface area contributed by atoms with Crippen LogP contribution in [-0.4, -0.2) is 29.9 Å². The van der Waals surface area contributed by atoms with Crippen molar-refractivity contribution in [1.82, 2.24) is 29.9 Å². The summed E-state index contributed by atoms with van der Waals surface area (Å²) in [5.41, 5.74) is 12.3. The van der Waals surface area contributed by atoms with Gasteiger partial charge in [-0.25, -0.2) is 29.9 Å². The molecule has 10 aromatic rings. The van der Waals surface area contributed by atoms with Crippen LogP contribution in [0.5, 0.6) is 0 Å². The van der Waals surface area contributed by atoms with Gasteiger partial charge in [0, 0.05) is 33.4 Å². The van der Waals surface area contributed by atoms with Crippen LogP contribution in [0.3, 0.4) is 0 Å². The van der Waals surface area contributed by atoms with E-state index in [1.807, 2.05) is 84.9 Å². The molecule has 0 aliphatic heterocycles. The maximum atomic E-state index is 5.06. The Morgan fingerprint density at radius 1 is 0.250 bits per heavy atom. The van der Waals surface area contributed by atoms with E-state index in [0.29, 0.717) is 34.9 Å². The molecule has 0 saturated heterocycles. The summed E-state index contributed by atoms with van der Waals surface area (Å²) in [5, 5.41) is 2.30. The number of rotatable bonds is 8. The lowest BCUT2D eigenvalue weighted by Gasteiger charge is -2.13. The van der Waals surface area contributed by atoms with Crippen molar-refractivity contribution in [3.8, 4) is 90.6 Å². The Balaban J connectivity index is 1.05. The second kappa shape index (κ2) is 15.8. The summed E-state index contributed by atoms with van der Waals surface area (Å²) in [7, 11) is 0. The van der Waals surface area contributed by atoms with Crippen LogP contribution in [0.4, 0.5) is 0 Å². The van der Waals surface area contributed by atoms with Crippen LogP contribution >= 0.6 is 0 Å². The average molecular weight is 771 g/mol. The molecule has 0 amide bonds. The number of hydrogen-bond donors (Lipinski definition) is 0. The van der Waals surface area contributed by atoms with Gasteiger partial charge in [-0.1, -0.05) is 176 Å². The van der Waals surface area contributed by atoms with Crippen LogP contribution < -0.4 is 0 Å². The molecule has 0 aliphatic carbocycles. The van der Waals surface area contributed by atoms with Crippen molar-refractivity contribution >= 4 is 10.8 Å². The van der Waals surface area contributed by atoms with Crippen molar-refractivity contribution in [2.24, 2.45) is 0 Å². The Morgan fingerprint density at radius 3 is 1.18 bits per heavy atom. The summed E-state index contributed by atoms with van der Waals surface area (Å²) in [5.74, 6) is 3.84. The molecule has 10 rings (SSSR count). The van der Waals surface area contributed by atoms with Gasteiger partial charge in [-0.3, -0.25) is 0 Å². The Kier molecular flexibility index (Phi) is 9.56. The van der Waals surface area contributed by atoms with Crippen molar-refractivity contribution in [3.05, 3.63) is 205 Å². The van der Waals surface area contributed by atoms with E-state index in [1.165, 1.54) is 0 Å². The first-order valence-electron chi connectivity index (χ1n) is 20.0. The third-order valence-corrected chi connectivity index (χ3v) is 10.9. The molecule has 284 valence electrons. The molecule has 8 aromatic carbocycles. The standard InChI is InChI=1S/C54H38N6/c1-35-16-9-11-27-45(35)53-57-49(38-18-5-3-6-19-38)55-51(59-53)43-25-13-23-40(32-43)41-31-30-37-22-15-29-47(48(37)34-41)42-24-14-26-44(33-42)52-56-50(39-20-7-4-8-21-39)58-54(60-52)46-28-12-10-17-36(46)2/h3-34H,1-2H3. The molecule has 6 heteroatoms. The minimum Gasteiger partial charge on any atom is -0.208 e. The van der Waals surface area contributed by atoms with Crippen LogP contribution in [0.2, 0.25) is 0 Å². The van der Waals surface area contributed by atoms with Crippen LogP contribution in [-0.2, 0) is 0 Å². The smallest absolute Gasteiger partial charge is 0.164 e. The van der Waals surface area contributed by atoms with E-state index in [9.17, 15) is 0 Å². The molecule has 0 spiro atoms. The highest BCUT2D eigenvalue weighted by Crippen LogP contribution is 2.36. The number of aromatic nitrogens is 6. The minimum absolute atomic E-state index is 0.626. The second-order valence-corrected chi connectivity index (χ2v) is 14.9. The third-order valence-electron chi connectivity index (χ3n) is 10.9. The monoisotopic (exact) mass is 770 g/mol. The quantitative estimate of drug-likeness (QED) is 0.153. The Morgan fingerprint density at radius 2 is 0.633 bits per heavy atom. The predicted molar refractivity (Wildman–Crippen MR) is 244 cm³/mol. The molecular formula is C54H38N6. The maximum absolute atomic E-state index is 5.06. The van der Waals surface area contributed by atoms with Crippen molar-refractivity contribution in [1.29, 1.82) is 0 Å². The largest absolute Gasteiger partial charge is 0.208 e. The first kappa shape index (κ1) is 36.4. The van der Waals surface area contributed by atoms with Crippen LogP contribution in [0.25, 0.3) is 101 Å². The lowest BCUT2D eigenvalue weighted by molar-refractivity contribution is 1.07. The van der Waals surface area contributed by atoms with E-state index in [4.69, 9.17) is 29.9 Å². The highest BCUT2D eigenvalue weighted by molar-refractivity contribution is 5.99. The molecule has 2 heterocycles. The number of nitrogens with zero attached hydrogens (tertiary/aromatic N) is 6. The van der Waals surface area contributed by atoms with Gasteiger partial charge in [0.2, 0.25) is 0 Å². The van der Waals surface area contributed by atoms with Crippen molar-refractivity contribution in [2.45, 2.75) is 13.8 Å². The van der Waals surface area contributed by atoms with Crippen molar-refractivity contribution < 1.29 is 0 Å². The molecule has 0 saturated carbocycles. The van der Waals surface area contributed by atoms with Gasteiger partial charge in [-0.05, 0) is 76.2 Å². The molecule has 0 atom stereocenters. The summed E-state index contributed by atoms with van der Waals surface area (Å²) >= 11 is 0. The number of fused-ring (bicyclic) bond motifs is 1. The Labute approximate surface area is 349 Å². The zero-order valence-corrected chi connectivity index (χ0v) is 33.2. The summed E-state index contributed by atoms with van der Waals surface area (Å²) in [4.78, 5) is 30.0. The average Bonchev–Trinajstić information content (AvgIpc) is 3.32. The Hall–Kier alpha value is -7.96. The fraction of sp³-hybridized carbons (Fsp3) is 0.0370. The van der Waals surface area contributed by atoms with E-state index in [1.54, 1.807) is 0 Å². The lowest BCUT2D eigenvalue weighted by Crippen LogP contribution is -2.01.